The number of nitrogens with zero attached hydrogens (tertiary/aromatic N) is 1. The number of likely N-dealkylation sites (N-methyl/N-ethyl adjacent to an activating group) is 1. The maximum atomic E-state index is 11.3. The Hall–Kier alpha value is -1.14. The van der Waals surface area contributed by atoms with Crippen LogP contribution in [0.25, 0.3) is 0 Å². The van der Waals surface area contributed by atoms with Gasteiger partial charge in [-0.05, 0) is 7.05 Å². The molecule has 1 heterocycles. The smallest absolute Gasteiger partial charge is 0.319 e. The molecule has 0 atom stereocenters. The molecule has 2 N–H and O–H groups in total. The van der Waals surface area contributed by atoms with Crippen molar-refractivity contribution in [3.8, 4) is 0 Å². The van der Waals surface area contributed by atoms with Crippen molar-refractivity contribution < 1.29 is 14.3 Å². The summed E-state index contributed by atoms with van der Waals surface area (Å²) >= 11 is 0. The van der Waals surface area contributed by atoms with Crippen molar-refractivity contribution >= 4 is 11.8 Å². The van der Waals surface area contributed by atoms with E-state index in [0.29, 0.717) is 19.9 Å². The highest BCUT2D eigenvalue weighted by Crippen LogP contribution is 1.97. The molecule has 1 aliphatic rings. The summed E-state index contributed by atoms with van der Waals surface area (Å²) in [4.78, 5) is 23.9. The molecule has 80 valence electrons. The van der Waals surface area contributed by atoms with Crippen LogP contribution in [0.1, 0.15) is 0 Å². The zero-order valence-electron chi connectivity index (χ0n) is 8.21. The highest BCUT2D eigenvalue weighted by atomic mass is 16.5. The summed E-state index contributed by atoms with van der Waals surface area (Å²) in [5.41, 5.74) is 0. The van der Waals surface area contributed by atoms with Crippen molar-refractivity contribution in [2.45, 2.75) is 0 Å². The first kappa shape index (κ1) is 10.9. The number of carbonyl (C=O) groups excluding carboxylic acids is 2. The zero-order valence-corrected chi connectivity index (χ0v) is 8.21. The van der Waals surface area contributed by atoms with Crippen LogP contribution in [0.15, 0.2) is 0 Å². The van der Waals surface area contributed by atoms with Gasteiger partial charge in [-0.25, -0.2) is 4.79 Å². The third-order valence-electron chi connectivity index (χ3n) is 1.85. The molecular weight excluding hydrogens is 186 g/mol. The fourth-order valence-corrected chi connectivity index (χ4v) is 1.12. The molecule has 0 aromatic heterocycles. The lowest BCUT2D eigenvalue weighted by atomic mass is 10.4. The minimum atomic E-state index is -0.244. The molecule has 0 radical (unpaired) electrons. The molecular formula is C8H15N3O3. The van der Waals surface area contributed by atoms with Crippen molar-refractivity contribution in [2.24, 2.45) is 0 Å². The molecule has 0 bridgehead atoms. The van der Waals surface area contributed by atoms with E-state index in [9.17, 15) is 9.59 Å². The zero-order chi connectivity index (χ0) is 10.4. The van der Waals surface area contributed by atoms with Crippen molar-refractivity contribution in [3.05, 3.63) is 0 Å². The third-order valence-corrected chi connectivity index (χ3v) is 1.85. The number of hydrogen-bond acceptors (Lipinski definition) is 4. The van der Waals surface area contributed by atoms with Crippen LogP contribution in [-0.2, 0) is 9.53 Å². The normalized spacial score (nSPS) is 15.6. The molecule has 0 aromatic carbocycles. The second-order valence-electron chi connectivity index (χ2n) is 3.03. The van der Waals surface area contributed by atoms with E-state index < -0.39 is 0 Å². The molecule has 1 fully saturated rings. The monoisotopic (exact) mass is 201 g/mol. The van der Waals surface area contributed by atoms with Gasteiger partial charge in [0.15, 0.2) is 5.78 Å². The average molecular weight is 201 g/mol. The van der Waals surface area contributed by atoms with Crippen LogP contribution in [0, 0.1) is 0 Å². The van der Waals surface area contributed by atoms with Gasteiger partial charge in [-0.1, -0.05) is 0 Å². The highest BCUT2D eigenvalue weighted by Gasteiger charge is 2.18. The van der Waals surface area contributed by atoms with Crippen LogP contribution < -0.4 is 10.6 Å². The first-order valence-electron chi connectivity index (χ1n) is 4.51. The van der Waals surface area contributed by atoms with Gasteiger partial charge in [-0.3, -0.25) is 9.69 Å². The Morgan fingerprint density at radius 2 is 2.21 bits per heavy atom. The number of ether oxygens (including phenoxy) is 1. The van der Waals surface area contributed by atoms with Crippen LogP contribution in [0.4, 0.5) is 4.79 Å². The fourth-order valence-electron chi connectivity index (χ4n) is 1.12. The molecule has 0 aliphatic carbocycles. The maximum absolute atomic E-state index is 11.3. The fraction of sp³-hybridized carbons (Fsp3) is 0.750. The number of hydrogen-bond donors (Lipinski definition) is 2. The van der Waals surface area contributed by atoms with E-state index in [-0.39, 0.29) is 24.9 Å². The standard InChI is InChI=1S/C8H15N3O3/c1-9-4-7(12)5-10-8(13)11-2-3-14-6-11/h9H,2-6H2,1H3,(H,10,13). The van der Waals surface area contributed by atoms with Gasteiger partial charge in [0.05, 0.1) is 19.7 Å². The van der Waals surface area contributed by atoms with Crippen molar-refractivity contribution in [1.82, 2.24) is 15.5 Å². The van der Waals surface area contributed by atoms with E-state index >= 15 is 0 Å². The van der Waals surface area contributed by atoms with Crippen LogP contribution in [0.5, 0.6) is 0 Å². The SMILES string of the molecule is CNCC(=O)CNC(=O)N1CCOC1. The van der Waals surface area contributed by atoms with Gasteiger partial charge in [0.2, 0.25) is 0 Å². The Balaban J connectivity index is 2.17. The summed E-state index contributed by atoms with van der Waals surface area (Å²) in [6.45, 7) is 1.81. The Morgan fingerprint density at radius 1 is 1.43 bits per heavy atom. The number of rotatable bonds is 4. The summed E-state index contributed by atoms with van der Waals surface area (Å²) < 4.78 is 5.00. The summed E-state index contributed by atoms with van der Waals surface area (Å²) in [7, 11) is 1.69. The van der Waals surface area contributed by atoms with Gasteiger partial charge in [0, 0.05) is 6.54 Å². The molecule has 6 nitrogen and oxygen atoms in total. The maximum Gasteiger partial charge on any atom is 0.319 e. The number of amides is 2. The number of Topliss-reactive ketones (excluding diaryl/α,β-unsaturated/α-hetero) is 1. The number of nitrogens with one attached hydrogen (secondary N) is 2. The number of urea groups is 1. The van der Waals surface area contributed by atoms with Crippen LogP contribution in [0.2, 0.25) is 0 Å². The molecule has 0 unspecified atom stereocenters. The Kier molecular flexibility index (Phi) is 4.34. The molecule has 0 spiro atoms. The lowest BCUT2D eigenvalue weighted by Gasteiger charge is -2.13. The minimum absolute atomic E-state index is 0.0408. The largest absolute Gasteiger partial charge is 0.359 e. The molecule has 14 heavy (non-hydrogen) atoms. The molecule has 6 heteroatoms. The first-order valence-corrected chi connectivity index (χ1v) is 4.51. The van der Waals surface area contributed by atoms with Crippen molar-refractivity contribution in [2.75, 3.05) is 40.0 Å². The molecule has 0 saturated carbocycles. The average Bonchev–Trinajstić information content (AvgIpc) is 2.67. The van der Waals surface area contributed by atoms with Crippen molar-refractivity contribution in [1.29, 1.82) is 0 Å². The summed E-state index contributed by atoms with van der Waals surface area (Å²) in [5.74, 6) is -0.0408. The Morgan fingerprint density at radius 3 is 2.79 bits per heavy atom. The van der Waals surface area contributed by atoms with Gasteiger partial charge in [-0.15, -0.1) is 0 Å². The highest BCUT2D eigenvalue weighted by molar-refractivity contribution is 5.86. The first-order chi connectivity index (χ1) is 6.74. The summed E-state index contributed by atoms with van der Waals surface area (Å²) in [5, 5.41) is 5.25. The molecule has 1 saturated heterocycles. The quantitative estimate of drug-likeness (QED) is 0.597. The predicted octanol–water partition coefficient (Wildman–Crippen LogP) is -1.23. The van der Waals surface area contributed by atoms with Crippen LogP contribution in [0.3, 0.4) is 0 Å². The van der Waals surface area contributed by atoms with E-state index in [0.717, 1.165) is 0 Å². The lowest BCUT2D eigenvalue weighted by molar-refractivity contribution is -0.117. The van der Waals surface area contributed by atoms with Gasteiger partial charge in [0.1, 0.15) is 6.73 Å². The summed E-state index contributed by atoms with van der Waals surface area (Å²) in [6, 6.07) is -0.244. The summed E-state index contributed by atoms with van der Waals surface area (Å²) in [6.07, 6.45) is 0. The molecule has 2 amide bonds. The second-order valence-corrected chi connectivity index (χ2v) is 3.03. The van der Waals surface area contributed by atoms with Crippen LogP contribution >= 0.6 is 0 Å². The Bertz CT molecular complexity index is 214. The van der Waals surface area contributed by atoms with E-state index in [1.54, 1.807) is 7.05 Å². The molecule has 1 rings (SSSR count). The topological polar surface area (TPSA) is 70.7 Å². The molecule has 0 aromatic rings. The molecule has 1 aliphatic heterocycles. The van der Waals surface area contributed by atoms with Gasteiger partial charge < -0.3 is 15.4 Å². The number of ketones is 1. The van der Waals surface area contributed by atoms with E-state index in [2.05, 4.69) is 10.6 Å². The minimum Gasteiger partial charge on any atom is -0.359 e. The number of carbonyl (C=O) groups is 2. The third kappa shape index (κ3) is 3.31. The Labute approximate surface area is 82.6 Å². The second kappa shape index (κ2) is 5.56. The van der Waals surface area contributed by atoms with Gasteiger partial charge in [-0.2, -0.15) is 0 Å². The van der Waals surface area contributed by atoms with Gasteiger partial charge >= 0.3 is 6.03 Å². The van der Waals surface area contributed by atoms with Gasteiger partial charge in [0.25, 0.3) is 0 Å². The van der Waals surface area contributed by atoms with Crippen molar-refractivity contribution in [3.63, 3.8) is 0 Å². The predicted molar refractivity (Wildman–Crippen MR) is 49.9 cm³/mol. The van der Waals surface area contributed by atoms with E-state index in [1.807, 2.05) is 0 Å². The van der Waals surface area contributed by atoms with E-state index in [4.69, 9.17) is 4.74 Å². The van der Waals surface area contributed by atoms with E-state index in [1.165, 1.54) is 4.90 Å². The van der Waals surface area contributed by atoms with Crippen LogP contribution in [-0.4, -0.2) is 56.7 Å². The lowest BCUT2D eigenvalue weighted by Crippen LogP contribution is -2.42.